The van der Waals surface area contributed by atoms with Crippen LogP contribution in [0.15, 0.2) is 11.7 Å². The lowest BCUT2D eigenvalue weighted by Crippen LogP contribution is -2.49. The minimum absolute atomic E-state index is 0.303. The normalized spacial score (nSPS) is 19.8. The molecule has 1 aliphatic rings. The van der Waals surface area contributed by atoms with E-state index in [9.17, 15) is 14.7 Å². The number of hydrogen-bond acceptors (Lipinski definition) is 4. The van der Waals surface area contributed by atoms with Crippen molar-refractivity contribution in [3.8, 4) is 0 Å². The number of hydrogen-bond donors (Lipinski definition) is 2. The van der Waals surface area contributed by atoms with Crippen molar-refractivity contribution in [3.05, 3.63) is 16.6 Å². The van der Waals surface area contributed by atoms with Gasteiger partial charge in [0.15, 0.2) is 0 Å². The number of carboxylic acid groups (broad SMARTS) is 1. The minimum atomic E-state index is -0.921. The van der Waals surface area contributed by atoms with Crippen molar-refractivity contribution in [1.82, 2.24) is 15.2 Å². The van der Waals surface area contributed by atoms with Gasteiger partial charge in [-0.1, -0.05) is 12.8 Å². The van der Waals surface area contributed by atoms with Crippen LogP contribution >= 0.6 is 11.3 Å². The van der Waals surface area contributed by atoms with Crippen molar-refractivity contribution in [2.24, 2.45) is 0 Å². The summed E-state index contributed by atoms with van der Waals surface area (Å²) in [6.45, 7) is 0.901. The van der Waals surface area contributed by atoms with Crippen LogP contribution in [0, 0.1) is 0 Å². The number of nitrogens with zero attached hydrogens (tertiary/aromatic N) is 2. The van der Waals surface area contributed by atoms with E-state index in [1.165, 1.54) is 16.2 Å². The van der Waals surface area contributed by atoms with E-state index in [1.54, 1.807) is 11.7 Å². The van der Waals surface area contributed by atoms with E-state index in [-0.39, 0.29) is 6.03 Å². The van der Waals surface area contributed by atoms with Crippen molar-refractivity contribution in [2.45, 2.75) is 38.3 Å². The van der Waals surface area contributed by atoms with Gasteiger partial charge in [-0.15, -0.1) is 11.3 Å². The molecule has 0 saturated carbocycles. The first-order valence-corrected chi connectivity index (χ1v) is 7.21. The first kappa shape index (κ1) is 13.8. The molecule has 2 N–H and O–H groups in total. The summed E-state index contributed by atoms with van der Waals surface area (Å²) in [4.78, 5) is 29.6. The molecule has 1 aromatic heterocycles. The maximum atomic E-state index is 12.1. The van der Waals surface area contributed by atoms with E-state index in [1.807, 2.05) is 0 Å². The van der Waals surface area contributed by atoms with Gasteiger partial charge < -0.3 is 15.3 Å². The number of likely N-dealkylation sites (tertiary alicyclic amines) is 1. The van der Waals surface area contributed by atoms with Gasteiger partial charge in [0.2, 0.25) is 0 Å². The van der Waals surface area contributed by atoms with Gasteiger partial charge >= 0.3 is 12.0 Å². The molecular weight excluding hydrogens is 266 g/mol. The summed E-state index contributed by atoms with van der Waals surface area (Å²) >= 11 is 1.46. The Kier molecular flexibility index (Phi) is 4.73. The van der Waals surface area contributed by atoms with E-state index < -0.39 is 12.0 Å². The largest absolute Gasteiger partial charge is 0.480 e. The number of carbonyl (C=O) groups excluding carboxylic acids is 1. The molecular formula is C12H17N3O3S. The number of carboxylic acids is 1. The molecule has 0 bridgehead atoms. The summed E-state index contributed by atoms with van der Waals surface area (Å²) in [7, 11) is 0. The minimum Gasteiger partial charge on any atom is -0.480 e. The number of nitrogens with one attached hydrogen (secondary N) is 1. The number of amides is 2. The SMILES string of the molecule is O=C(O)C1CCCCCN1C(=O)NCc1cncs1. The zero-order valence-corrected chi connectivity index (χ0v) is 11.4. The van der Waals surface area contributed by atoms with Gasteiger partial charge in [-0.3, -0.25) is 4.98 Å². The lowest BCUT2D eigenvalue weighted by Gasteiger charge is -2.26. The summed E-state index contributed by atoms with van der Waals surface area (Å²) < 4.78 is 0. The molecule has 1 atom stereocenters. The molecule has 1 aromatic rings. The molecule has 1 saturated heterocycles. The number of aromatic nitrogens is 1. The molecule has 0 aliphatic carbocycles. The van der Waals surface area contributed by atoms with Crippen LogP contribution in [0.2, 0.25) is 0 Å². The van der Waals surface area contributed by atoms with E-state index >= 15 is 0 Å². The summed E-state index contributed by atoms with van der Waals surface area (Å²) in [5.74, 6) is -0.921. The Balaban J connectivity index is 1.96. The highest BCUT2D eigenvalue weighted by molar-refractivity contribution is 7.09. The van der Waals surface area contributed by atoms with Gasteiger partial charge in [-0.2, -0.15) is 0 Å². The van der Waals surface area contributed by atoms with Crippen molar-refractivity contribution in [2.75, 3.05) is 6.54 Å². The van der Waals surface area contributed by atoms with Gasteiger partial charge in [-0.05, 0) is 12.8 Å². The zero-order valence-electron chi connectivity index (χ0n) is 10.5. The second-order valence-corrected chi connectivity index (χ2v) is 5.49. The van der Waals surface area contributed by atoms with E-state index in [0.29, 0.717) is 19.5 Å². The van der Waals surface area contributed by atoms with Gasteiger partial charge in [0.1, 0.15) is 6.04 Å². The molecule has 2 heterocycles. The summed E-state index contributed by atoms with van der Waals surface area (Å²) in [6.07, 6.45) is 4.92. The average Bonchev–Trinajstić information content (AvgIpc) is 2.77. The maximum Gasteiger partial charge on any atom is 0.326 e. The summed E-state index contributed by atoms with van der Waals surface area (Å²) in [5, 5.41) is 12.0. The van der Waals surface area contributed by atoms with Crippen LogP contribution in [0.3, 0.4) is 0 Å². The molecule has 0 spiro atoms. The predicted molar refractivity (Wildman–Crippen MR) is 70.9 cm³/mol. The highest BCUT2D eigenvalue weighted by atomic mass is 32.1. The fourth-order valence-corrected chi connectivity index (χ4v) is 2.74. The highest BCUT2D eigenvalue weighted by Crippen LogP contribution is 2.17. The Labute approximate surface area is 115 Å². The van der Waals surface area contributed by atoms with Crippen LogP contribution in [-0.4, -0.2) is 39.6 Å². The van der Waals surface area contributed by atoms with Gasteiger partial charge in [0.25, 0.3) is 0 Å². The Hall–Kier alpha value is -1.63. The molecule has 1 unspecified atom stereocenters. The van der Waals surface area contributed by atoms with Crippen LogP contribution in [-0.2, 0) is 11.3 Å². The second-order valence-electron chi connectivity index (χ2n) is 4.52. The average molecular weight is 283 g/mol. The topological polar surface area (TPSA) is 82.5 Å². The Morgan fingerprint density at radius 2 is 2.32 bits per heavy atom. The maximum absolute atomic E-state index is 12.1. The van der Waals surface area contributed by atoms with Crippen molar-refractivity contribution in [1.29, 1.82) is 0 Å². The lowest BCUT2D eigenvalue weighted by molar-refractivity contribution is -0.142. The molecule has 2 amide bonds. The molecule has 6 nitrogen and oxygen atoms in total. The van der Waals surface area contributed by atoms with E-state index in [2.05, 4.69) is 10.3 Å². The Morgan fingerprint density at radius 3 is 3.00 bits per heavy atom. The van der Waals surface area contributed by atoms with Gasteiger partial charge in [0, 0.05) is 17.6 Å². The first-order chi connectivity index (χ1) is 9.18. The molecule has 2 rings (SSSR count). The van der Waals surface area contributed by atoms with E-state index in [0.717, 1.165) is 24.1 Å². The smallest absolute Gasteiger partial charge is 0.326 e. The van der Waals surface area contributed by atoms with Crippen molar-refractivity contribution in [3.63, 3.8) is 0 Å². The van der Waals surface area contributed by atoms with Crippen LogP contribution in [0.4, 0.5) is 4.79 Å². The molecule has 0 radical (unpaired) electrons. The standard InChI is InChI=1S/C12H17N3O3S/c16-11(17)10-4-2-1-3-5-15(10)12(18)14-7-9-6-13-8-19-9/h6,8,10H,1-5,7H2,(H,14,18)(H,16,17). The van der Waals surface area contributed by atoms with Crippen LogP contribution in [0.1, 0.15) is 30.6 Å². The molecule has 0 aromatic carbocycles. The molecule has 1 fully saturated rings. The summed E-state index contributed by atoms with van der Waals surface area (Å²) in [5.41, 5.74) is 1.70. The molecule has 7 heteroatoms. The number of thiazole rings is 1. The number of aliphatic carboxylic acids is 1. The number of rotatable bonds is 3. The number of carbonyl (C=O) groups is 2. The predicted octanol–water partition coefficient (Wildman–Crippen LogP) is 1.68. The molecule has 19 heavy (non-hydrogen) atoms. The van der Waals surface area contributed by atoms with Crippen LogP contribution in [0.25, 0.3) is 0 Å². The van der Waals surface area contributed by atoms with Crippen LogP contribution in [0.5, 0.6) is 0 Å². The highest BCUT2D eigenvalue weighted by Gasteiger charge is 2.30. The van der Waals surface area contributed by atoms with Gasteiger partial charge in [0.05, 0.1) is 12.1 Å². The second kappa shape index (κ2) is 6.51. The summed E-state index contributed by atoms with van der Waals surface area (Å²) in [6, 6.07) is -1.01. The lowest BCUT2D eigenvalue weighted by atomic mass is 10.1. The monoisotopic (exact) mass is 283 g/mol. The van der Waals surface area contributed by atoms with E-state index in [4.69, 9.17) is 0 Å². The third-order valence-corrected chi connectivity index (χ3v) is 3.98. The molecule has 104 valence electrons. The van der Waals surface area contributed by atoms with Crippen molar-refractivity contribution < 1.29 is 14.7 Å². The van der Waals surface area contributed by atoms with Gasteiger partial charge in [-0.25, -0.2) is 9.59 Å². The quantitative estimate of drug-likeness (QED) is 0.884. The fraction of sp³-hybridized carbons (Fsp3) is 0.583. The third-order valence-electron chi connectivity index (χ3n) is 3.20. The molecule has 1 aliphatic heterocycles. The number of urea groups is 1. The van der Waals surface area contributed by atoms with Crippen molar-refractivity contribution >= 4 is 23.3 Å². The third kappa shape index (κ3) is 3.66. The Bertz CT molecular complexity index is 435. The van der Waals surface area contributed by atoms with Crippen LogP contribution < -0.4 is 5.32 Å². The Morgan fingerprint density at radius 1 is 1.47 bits per heavy atom. The first-order valence-electron chi connectivity index (χ1n) is 6.33. The zero-order chi connectivity index (χ0) is 13.7. The fourth-order valence-electron chi connectivity index (χ4n) is 2.20.